The lowest BCUT2D eigenvalue weighted by molar-refractivity contribution is -0.00285. The maximum atomic E-state index is 13.3. The van der Waals surface area contributed by atoms with Crippen LogP contribution in [0.4, 0.5) is 4.39 Å². The number of hydrogen-bond acceptors (Lipinski definition) is 3. The van der Waals surface area contributed by atoms with E-state index in [1.54, 1.807) is 6.07 Å². The largest absolute Gasteiger partial charge is 0.378 e. The summed E-state index contributed by atoms with van der Waals surface area (Å²) in [7, 11) is 0. The van der Waals surface area contributed by atoms with E-state index in [0.717, 1.165) is 57.4 Å². The quantitative estimate of drug-likeness (QED) is 0.899. The van der Waals surface area contributed by atoms with Crippen molar-refractivity contribution >= 4 is 0 Å². The van der Waals surface area contributed by atoms with Gasteiger partial charge in [0, 0.05) is 18.5 Å². The molecule has 4 heteroatoms. The molecule has 1 aromatic carbocycles. The number of nitrogens with two attached hydrogens (primary N) is 1. The van der Waals surface area contributed by atoms with Crippen LogP contribution < -0.4 is 11.1 Å². The molecule has 1 aliphatic heterocycles. The van der Waals surface area contributed by atoms with E-state index < -0.39 is 0 Å². The molecule has 1 aromatic rings. The summed E-state index contributed by atoms with van der Waals surface area (Å²) in [6, 6.07) is 7.31. The number of nitrogens with one attached hydrogen (secondary N) is 1. The average Bonchev–Trinajstić information content (AvgIpc) is 2.55. The van der Waals surface area contributed by atoms with Gasteiger partial charge in [0.15, 0.2) is 0 Å². The van der Waals surface area contributed by atoms with Gasteiger partial charge in [-0.1, -0.05) is 12.1 Å². The Morgan fingerprint density at radius 1 is 1.18 bits per heavy atom. The molecule has 0 spiro atoms. The summed E-state index contributed by atoms with van der Waals surface area (Å²) in [4.78, 5) is 0. The van der Waals surface area contributed by atoms with E-state index >= 15 is 0 Å². The van der Waals surface area contributed by atoms with Crippen molar-refractivity contribution in [1.82, 2.24) is 5.32 Å². The monoisotopic (exact) mass is 306 g/mol. The molecule has 3 nitrogen and oxygen atoms in total. The Hall–Kier alpha value is -0.970. The number of benzene rings is 1. The molecule has 0 aromatic heterocycles. The van der Waals surface area contributed by atoms with Gasteiger partial charge >= 0.3 is 0 Å². The number of hydrogen-bond donors (Lipinski definition) is 2. The van der Waals surface area contributed by atoms with Gasteiger partial charge in [-0.05, 0) is 62.3 Å². The van der Waals surface area contributed by atoms with Crippen LogP contribution in [0.1, 0.15) is 43.6 Å². The van der Waals surface area contributed by atoms with Crippen molar-refractivity contribution in [2.24, 2.45) is 11.7 Å². The summed E-state index contributed by atoms with van der Waals surface area (Å²) >= 11 is 0. The van der Waals surface area contributed by atoms with Crippen LogP contribution in [-0.4, -0.2) is 31.8 Å². The highest BCUT2D eigenvalue weighted by atomic mass is 19.1. The molecule has 3 N–H and O–H groups in total. The third kappa shape index (κ3) is 4.06. The van der Waals surface area contributed by atoms with Gasteiger partial charge in [0.1, 0.15) is 5.82 Å². The minimum Gasteiger partial charge on any atom is -0.378 e. The van der Waals surface area contributed by atoms with Crippen molar-refractivity contribution < 1.29 is 9.13 Å². The van der Waals surface area contributed by atoms with E-state index in [4.69, 9.17) is 10.5 Å². The molecule has 2 fully saturated rings. The summed E-state index contributed by atoms with van der Waals surface area (Å²) in [5, 5.41) is 3.39. The van der Waals surface area contributed by atoms with E-state index in [1.165, 1.54) is 6.07 Å². The van der Waals surface area contributed by atoms with Crippen molar-refractivity contribution in [2.75, 3.05) is 19.7 Å². The van der Waals surface area contributed by atoms with Gasteiger partial charge in [0.2, 0.25) is 0 Å². The Labute approximate surface area is 132 Å². The van der Waals surface area contributed by atoms with E-state index in [1.807, 2.05) is 12.1 Å². The van der Waals surface area contributed by atoms with Gasteiger partial charge in [0.05, 0.1) is 12.7 Å². The predicted octanol–water partition coefficient (Wildman–Crippen LogP) is 2.81. The van der Waals surface area contributed by atoms with Gasteiger partial charge in [0.25, 0.3) is 0 Å². The fraction of sp³-hybridized carbons (Fsp3) is 0.667. The van der Waals surface area contributed by atoms with Crippen LogP contribution in [-0.2, 0) is 4.74 Å². The first-order valence-electron chi connectivity index (χ1n) is 8.55. The summed E-state index contributed by atoms with van der Waals surface area (Å²) in [6.45, 7) is 2.76. The van der Waals surface area contributed by atoms with E-state index in [2.05, 4.69) is 5.32 Å². The van der Waals surface area contributed by atoms with Gasteiger partial charge in [-0.25, -0.2) is 4.39 Å². The van der Waals surface area contributed by atoms with Crippen LogP contribution in [0.15, 0.2) is 24.3 Å². The van der Waals surface area contributed by atoms with Crippen molar-refractivity contribution in [1.29, 1.82) is 0 Å². The fourth-order valence-corrected chi connectivity index (χ4v) is 3.71. The minimum atomic E-state index is -0.130. The first-order chi connectivity index (χ1) is 10.7. The Morgan fingerprint density at radius 2 is 2.00 bits per heavy atom. The van der Waals surface area contributed by atoms with E-state index in [-0.39, 0.29) is 11.9 Å². The third-order valence-corrected chi connectivity index (χ3v) is 5.21. The number of halogens is 1. The molecule has 2 atom stereocenters. The first kappa shape index (κ1) is 15.9. The zero-order valence-corrected chi connectivity index (χ0v) is 13.1. The van der Waals surface area contributed by atoms with Crippen LogP contribution in [0, 0.1) is 11.7 Å². The molecule has 1 saturated heterocycles. The lowest BCUT2D eigenvalue weighted by Gasteiger charge is -2.33. The molecule has 122 valence electrons. The van der Waals surface area contributed by atoms with Crippen molar-refractivity contribution in [3.05, 3.63) is 35.6 Å². The second kappa shape index (κ2) is 7.53. The SMILES string of the molecule is NC1CCNCC1CO[C@H]1CC[C@@H](c2cccc(F)c2)CC1. The lowest BCUT2D eigenvalue weighted by atomic mass is 9.82. The maximum Gasteiger partial charge on any atom is 0.123 e. The van der Waals surface area contributed by atoms with Crippen LogP contribution in [0.5, 0.6) is 0 Å². The highest BCUT2D eigenvalue weighted by Crippen LogP contribution is 2.34. The zero-order chi connectivity index (χ0) is 15.4. The molecule has 2 unspecified atom stereocenters. The molecule has 1 heterocycles. The van der Waals surface area contributed by atoms with Crippen LogP contribution in [0.2, 0.25) is 0 Å². The molecular formula is C18H27FN2O. The summed E-state index contributed by atoms with van der Waals surface area (Å²) in [6.07, 6.45) is 5.69. The van der Waals surface area contributed by atoms with Crippen molar-refractivity contribution in [3.63, 3.8) is 0 Å². The summed E-state index contributed by atoms with van der Waals surface area (Å²) < 4.78 is 19.4. The Morgan fingerprint density at radius 3 is 2.73 bits per heavy atom. The Kier molecular flexibility index (Phi) is 5.45. The molecule has 3 rings (SSSR count). The number of piperidine rings is 1. The summed E-state index contributed by atoms with van der Waals surface area (Å²) in [5.74, 6) is 0.790. The minimum absolute atomic E-state index is 0.130. The smallest absolute Gasteiger partial charge is 0.123 e. The number of ether oxygens (including phenoxy) is 1. The topological polar surface area (TPSA) is 47.3 Å². The Bertz CT molecular complexity index is 474. The molecule has 0 amide bonds. The van der Waals surface area contributed by atoms with Crippen molar-refractivity contribution in [2.45, 2.75) is 50.2 Å². The molecule has 1 saturated carbocycles. The number of rotatable bonds is 4. The second-order valence-corrected chi connectivity index (χ2v) is 6.78. The van der Waals surface area contributed by atoms with Crippen LogP contribution in [0.25, 0.3) is 0 Å². The molecular weight excluding hydrogens is 279 g/mol. The van der Waals surface area contributed by atoms with Gasteiger partial charge in [-0.3, -0.25) is 0 Å². The predicted molar refractivity (Wildman–Crippen MR) is 86.3 cm³/mol. The van der Waals surface area contributed by atoms with Gasteiger partial charge < -0.3 is 15.8 Å². The standard InChI is InChI=1S/C18H27FN2O/c19-16-3-1-2-14(10-16)13-4-6-17(7-5-13)22-12-15-11-21-9-8-18(15)20/h1-3,10,13,15,17-18,21H,4-9,11-12,20H2/t13-,15?,17+,18?. The molecule has 0 radical (unpaired) electrons. The van der Waals surface area contributed by atoms with E-state index in [0.29, 0.717) is 17.9 Å². The van der Waals surface area contributed by atoms with Crippen molar-refractivity contribution in [3.8, 4) is 0 Å². The maximum absolute atomic E-state index is 13.3. The van der Waals surface area contributed by atoms with E-state index in [9.17, 15) is 4.39 Å². The highest BCUT2D eigenvalue weighted by Gasteiger charge is 2.26. The molecule has 1 aliphatic carbocycles. The second-order valence-electron chi connectivity index (χ2n) is 6.78. The molecule has 22 heavy (non-hydrogen) atoms. The molecule has 2 aliphatic rings. The first-order valence-corrected chi connectivity index (χ1v) is 8.55. The average molecular weight is 306 g/mol. The Balaban J connectivity index is 1.44. The molecule has 0 bridgehead atoms. The lowest BCUT2D eigenvalue weighted by Crippen LogP contribution is -2.47. The van der Waals surface area contributed by atoms with Gasteiger partial charge in [-0.2, -0.15) is 0 Å². The highest BCUT2D eigenvalue weighted by molar-refractivity contribution is 5.21. The van der Waals surface area contributed by atoms with Crippen LogP contribution in [0.3, 0.4) is 0 Å². The van der Waals surface area contributed by atoms with Crippen LogP contribution >= 0.6 is 0 Å². The third-order valence-electron chi connectivity index (χ3n) is 5.21. The summed E-state index contributed by atoms with van der Waals surface area (Å²) in [5.41, 5.74) is 7.29. The van der Waals surface area contributed by atoms with Gasteiger partial charge in [-0.15, -0.1) is 0 Å². The normalized spacial score (nSPS) is 32.8. The zero-order valence-electron chi connectivity index (χ0n) is 13.1. The fourth-order valence-electron chi connectivity index (χ4n) is 3.71.